The lowest BCUT2D eigenvalue weighted by Crippen LogP contribution is -2.06. The molecule has 10 rings (SSSR count). The lowest BCUT2D eigenvalue weighted by atomic mass is 9.82. The summed E-state index contributed by atoms with van der Waals surface area (Å²) in [4.78, 5) is 14.2. The lowest BCUT2D eigenvalue weighted by molar-refractivity contribution is 0.668. The molecule has 7 aromatic carbocycles. The third kappa shape index (κ3) is 5.10. The van der Waals surface area contributed by atoms with Gasteiger partial charge in [-0.05, 0) is 78.0 Å². The number of aliphatic imine (C=N–C) groups is 3. The van der Waals surface area contributed by atoms with Crippen molar-refractivity contribution in [3.63, 3.8) is 0 Å². The van der Waals surface area contributed by atoms with Crippen LogP contribution in [0.1, 0.15) is 33.7 Å². The van der Waals surface area contributed by atoms with Crippen LogP contribution < -0.4 is 0 Å². The van der Waals surface area contributed by atoms with Crippen LogP contribution in [-0.4, -0.2) is 25.4 Å². The van der Waals surface area contributed by atoms with E-state index >= 15 is 0 Å². The minimum atomic E-state index is -0.0711. The molecule has 0 bridgehead atoms. The molecule has 53 heavy (non-hydrogen) atoms. The minimum Gasteiger partial charge on any atom is -0.456 e. The van der Waals surface area contributed by atoms with E-state index in [2.05, 4.69) is 114 Å². The molecule has 0 aliphatic heterocycles. The zero-order chi connectivity index (χ0) is 35.5. The van der Waals surface area contributed by atoms with Gasteiger partial charge < -0.3 is 8.83 Å². The first-order chi connectivity index (χ1) is 26.2. The molecule has 3 aromatic heterocycles. The fourth-order valence-corrected chi connectivity index (χ4v) is 8.92. The third-order valence-corrected chi connectivity index (χ3v) is 11.3. The quantitative estimate of drug-likeness (QED) is 0.102. The Morgan fingerprint density at radius 2 is 1.25 bits per heavy atom. The number of hydrogen-bond donors (Lipinski definition) is 0. The summed E-state index contributed by atoms with van der Waals surface area (Å²) in [5, 5.41) is 6.58. The summed E-state index contributed by atoms with van der Waals surface area (Å²) >= 11 is 1.83. The monoisotopic (exact) mass is 701 g/mol. The number of hydrogen-bond acceptors (Lipinski definition) is 4. The number of benzene rings is 7. The third-order valence-electron chi connectivity index (χ3n) is 10.2. The van der Waals surface area contributed by atoms with Gasteiger partial charge >= 0.3 is 0 Å². The predicted molar refractivity (Wildman–Crippen MR) is 223 cm³/mol. The fourth-order valence-electron chi connectivity index (χ4n) is 7.83. The van der Waals surface area contributed by atoms with Crippen LogP contribution in [0.4, 0.5) is 0 Å². The Labute approximate surface area is 308 Å². The van der Waals surface area contributed by atoms with E-state index in [1.807, 2.05) is 65.9 Å². The van der Waals surface area contributed by atoms with Gasteiger partial charge in [0.05, 0.1) is 0 Å². The molecule has 0 aliphatic carbocycles. The first-order valence-corrected chi connectivity index (χ1v) is 18.3. The van der Waals surface area contributed by atoms with Crippen LogP contribution in [-0.2, 0) is 0 Å². The van der Waals surface area contributed by atoms with Crippen molar-refractivity contribution < 1.29 is 8.83 Å². The standard InChI is InChI=1S/C47H31N3O2S/c1-48-46(30-22-24-38-35(27-30)31-14-6-8-18-37(31)51-38)50-47(49-2)34-17-11-20-40-45(34)44-33(16-10-19-39(44)52-40)43(28-12-4-3-5-13-28)29-23-25-42-36(26-29)32-15-7-9-21-41(32)53-42/h3-27,43H,2H2,1H3/b48-46-,50-47-. The van der Waals surface area contributed by atoms with E-state index < -0.39 is 0 Å². The Morgan fingerprint density at radius 3 is 2.09 bits per heavy atom. The van der Waals surface area contributed by atoms with Crippen LogP contribution >= 0.6 is 11.3 Å². The molecule has 1 atom stereocenters. The largest absolute Gasteiger partial charge is 0.456 e. The Hall–Kier alpha value is -6.63. The lowest BCUT2D eigenvalue weighted by Gasteiger charge is -2.20. The zero-order valence-electron chi connectivity index (χ0n) is 28.8. The Morgan fingerprint density at radius 1 is 0.547 bits per heavy atom. The van der Waals surface area contributed by atoms with Gasteiger partial charge in [0.2, 0.25) is 0 Å². The normalized spacial score (nSPS) is 13.2. The molecule has 3 heterocycles. The van der Waals surface area contributed by atoms with Crippen molar-refractivity contribution in [2.75, 3.05) is 7.05 Å². The number of amidine groups is 2. The number of nitrogens with zero attached hydrogens (tertiary/aromatic N) is 3. The highest BCUT2D eigenvalue weighted by atomic mass is 32.1. The van der Waals surface area contributed by atoms with Gasteiger partial charge in [-0.2, -0.15) is 0 Å². The van der Waals surface area contributed by atoms with Gasteiger partial charge in [0.1, 0.15) is 22.3 Å². The average Bonchev–Trinajstić information content (AvgIpc) is 3.90. The summed E-state index contributed by atoms with van der Waals surface area (Å²) in [6.07, 6.45) is 0. The number of rotatable bonds is 5. The van der Waals surface area contributed by atoms with Gasteiger partial charge in [-0.1, -0.05) is 97.1 Å². The minimum absolute atomic E-state index is 0.0711. The van der Waals surface area contributed by atoms with Crippen molar-refractivity contribution in [1.29, 1.82) is 0 Å². The molecule has 1 unspecified atom stereocenters. The van der Waals surface area contributed by atoms with Crippen molar-refractivity contribution in [1.82, 2.24) is 0 Å². The van der Waals surface area contributed by atoms with E-state index in [4.69, 9.17) is 13.8 Å². The van der Waals surface area contributed by atoms with Crippen molar-refractivity contribution in [2.24, 2.45) is 15.0 Å². The second-order valence-electron chi connectivity index (χ2n) is 13.1. The van der Waals surface area contributed by atoms with Crippen molar-refractivity contribution in [3.8, 4) is 0 Å². The van der Waals surface area contributed by atoms with Crippen molar-refractivity contribution in [2.45, 2.75) is 5.92 Å². The molecule has 252 valence electrons. The summed E-state index contributed by atoms with van der Waals surface area (Å²) in [6.45, 7) is 3.99. The van der Waals surface area contributed by atoms with Gasteiger partial charge in [-0.15, -0.1) is 11.3 Å². The zero-order valence-corrected chi connectivity index (χ0v) is 29.6. The van der Waals surface area contributed by atoms with Gasteiger partial charge in [-0.25, -0.2) is 9.98 Å². The molecule has 0 radical (unpaired) electrons. The van der Waals surface area contributed by atoms with Crippen molar-refractivity contribution >= 4 is 93.8 Å². The predicted octanol–water partition coefficient (Wildman–Crippen LogP) is 12.6. The Balaban J connectivity index is 1.17. The Bertz CT molecular complexity index is 3110. The second kappa shape index (κ2) is 12.5. The molecule has 0 amide bonds. The fraction of sp³-hybridized carbons (Fsp3) is 0.0426. The van der Waals surface area contributed by atoms with Crippen LogP contribution in [0, 0.1) is 0 Å². The van der Waals surface area contributed by atoms with Crippen LogP contribution in [0.15, 0.2) is 175 Å². The molecule has 6 heteroatoms. The highest BCUT2D eigenvalue weighted by Gasteiger charge is 2.25. The van der Waals surface area contributed by atoms with Gasteiger partial charge in [0, 0.05) is 65.8 Å². The summed E-state index contributed by atoms with van der Waals surface area (Å²) < 4.78 is 15.3. The SMILES string of the molecule is C=N/C(=N\C(=N/C)c1ccc2oc3ccccc3c2c1)c1cccc2oc3cccc(C(c4ccccc4)c4ccc5sc6ccccc6c5c4)c3c12. The number of fused-ring (bicyclic) bond motifs is 9. The summed E-state index contributed by atoms with van der Waals surface area (Å²) in [7, 11) is 1.75. The molecule has 0 saturated heterocycles. The first-order valence-electron chi connectivity index (χ1n) is 17.5. The second-order valence-corrected chi connectivity index (χ2v) is 14.2. The van der Waals surface area contributed by atoms with Gasteiger partial charge in [0.25, 0.3) is 0 Å². The number of furan rings is 2. The van der Waals surface area contributed by atoms with Crippen LogP contribution in [0.3, 0.4) is 0 Å². The topological polar surface area (TPSA) is 63.4 Å². The molecular weight excluding hydrogens is 671 g/mol. The number of para-hydroxylation sites is 1. The van der Waals surface area contributed by atoms with Gasteiger partial charge in [-0.3, -0.25) is 4.99 Å². The maximum absolute atomic E-state index is 6.61. The molecule has 0 saturated carbocycles. The highest BCUT2D eigenvalue weighted by Crippen LogP contribution is 2.44. The Kier molecular flexibility index (Phi) is 7.37. The molecule has 10 aromatic rings. The summed E-state index contributed by atoms with van der Waals surface area (Å²) in [6, 6.07) is 52.8. The van der Waals surface area contributed by atoms with E-state index in [9.17, 15) is 0 Å². The van der Waals surface area contributed by atoms with E-state index in [1.165, 1.54) is 31.3 Å². The van der Waals surface area contributed by atoms with Crippen molar-refractivity contribution in [3.05, 3.63) is 179 Å². The molecule has 0 spiro atoms. The maximum Gasteiger partial charge on any atom is 0.161 e. The molecule has 0 N–H and O–H groups in total. The summed E-state index contributed by atoms with van der Waals surface area (Å²) in [5.74, 6) is 0.939. The highest BCUT2D eigenvalue weighted by molar-refractivity contribution is 7.25. The maximum atomic E-state index is 6.61. The van der Waals surface area contributed by atoms with Crippen LogP contribution in [0.5, 0.6) is 0 Å². The molecule has 0 aliphatic rings. The first kappa shape index (κ1) is 31.1. The number of thiophene rings is 1. The smallest absolute Gasteiger partial charge is 0.161 e. The van der Waals surface area contributed by atoms with Gasteiger partial charge in [0.15, 0.2) is 11.7 Å². The van der Waals surface area contributed by atoms with E-state index in [0.29, 0.717) is 11.7 Å². The summed E-state index contributed by atoms with van der Waals surface area (Å²) in [5.41, 5.74) is 8.46. The molecular formula is C47H31N3O2S. The average molecular weight is 702 g/mol. The van der Waals surface area contributed by atoms with E-state index in [1.54, 1.807) is 7.05 Å². The van der Waals surface area contributed by atoms with E-state index in [-0.39, 0.29) is 5.92 Å². The molecule has 5 nitrogen and oxygen atoms in total. The molecule has 0 fully saturated rings. The van der Waals surface area contributed by atoms with Crippen LogP contribution in [0.25, 0.3) is 64.0 Å². The van der Waals surface area contributed by atoms with Crippen LogP contribution in [0.2, 0.25) is 0 Å². The van der Waals surface area contributed by atoms with E-state index in [0.717, 1.165) is 60.6 Å².